The molecule has 0 aliphatic carbocycles. The maximum absolute atomic E-state index is 13.8. The first kappa shape index (κ1) is 25.5. The Bertz CT molecular complexity index is 1530. The minimum atomic E-state index is -0.494. The number of para-hydroxylation sites is 2. The summed E-state index contributed by atoms with van der Waals surface area (Å²) in [4.78, 5) is 17.1. The zero-order valence-corrected chi connectivity index (χ0v) is 21.4. The second-order valence-corrected chi connectivity index (χ2v) is 9.43. The Labute approximate surface area is 222 Å². The number of aromatic nitrogens is 2. The Morgan fingerprint density at radius 2 is 1.63 bits per heavy atom. The number of rotatable bonds is 12. The summed E-state index contributed by atoms with van der Waals surface area (Å²) in [5, 5.41) is 5.21. The highest BCUT2D eigenvalue weighted by atomic mass is 19.1. The van der Waals surface area contributed by atoms with Gasteiger partial charge in [0.25, 0.3) is 5.91 Å². The minimum Gasteiger partial charge on any atom is -0.494 e. The van der Waals surface area contributed by atoms with Crippen molar-refractivity contribution in [3.8, 4) is 5.75 Å². The first-order chi connectivity index (χ1) is 18.7. The minimum absolute atomic E-state index is 0.0887. The van der Waals surface area contributed by atoms with Crippen LogP contribution in [0.4, 0.5) is 4.39 Å². The van der Waals surface area contributed by atoms with Gasteiger partial charge in [0.05, 0.1) is 23.2 Å². The van der Waals surface area contributed by atoms with E-state index < -0.39 is 5.82 Å². The molecular formula is C32H32FN3O2. The van der Waals surface area contributed by atoms with Gasteiger partial charge in [0.15, 0.2) is 0 Å². The summed E-state index contributed by atoms with van der Waals surface area (Å²) in [5.41, 5.74) is 2.24. The average molecular weight is 510 g/mol. The maximum Gasteiger partial charge on any atom is 0.254 e. The van der Waals surface area contributed by atoms with E-state index in [0.717, 1.165) is 61.3 Å². The van der Waals surface area contributed by atoms with E-state index in [-0.39, 0.29) is 11.5 Å². The Morgan fingerprint density at radius 3 is 2.53 bits per heavy atom. The number of hydrogen-bond donors (Lipinski definition) is 1. The van der Waals surface area contributed by atoms with E-state index in [1.165, 1.54) is 22.9 Å². The Morgan fingerprint density at radius 1 is 0.842 bits per heavy atom. The molecule has 0 bridgehead atoms. The molecule has 0 fully saturated rings. The average Bonchev–Trinajstić information content (AvgIpc) is 3.30. The molecule has 0 saturated heterocycles. The summed E-state index contributed by atoms with van der Waals surface area (Å²) in [6.45, 7) is 1.99. The zero-order chi connectivity index (χ0) is 26.2. The predicted molar refractivity (Wildman–Crippen MR) is 150 cm³/mol. The van der Waals surface area contributed by atoms with Crippen LogP contribution >= 0.6 is 0 Å². The summed E-state index contributed by atoms with van der Waals surface area (Å²) in [6.07, 6.45) is 4.49. The van der Waals surface area contributed by atoms with E-state index in [1.807, 2.05) is 30.3 Å². The molecule has 5 rings (SSSR count). The topological polar surface area (TPSA) is 56.2 Å². The lowest BCUT2D eigenvalue weighted by atomic mass is 10.1. The molecule has 1 heterocycles. The number of nitrogens with one attached hydrogen (secondary N) is 1. The fraction of sp³-hybridized carbons (Fsp3) is 0.250. The molecule has 0 aliphatic rings. The van der Waals surface area contributed by atoms with Crippen LogP contribution in [0.15, 0.2) is 91.0 Å². The molecule has 6 heteroatoms. The third kappa shape index (κ3) is 6.20. The van der Waals surface area contributed by atoms with E-state index in [0.29, 0.717) is 13.2 Å². The van der Waals surface area contributed by atoms with Crippen molar-refractivity contribution in [1.82, 2.24) is 14.9 Å². The molecule has 1 amide bonds. The molecule has 0 saturated carbocycles. The van der Waals surface area contributed by atoms with Gasteiger partial charge in [-0.15, -0.1) is 0 Å². The number of amides is 1. The van der Waals surface area contributed by atoms with Crippen molar-refractivity contribution in [3.05, 3.63) is 108 Å². The van der Waals surface area contributed by atoms with Gasteiger partial charge in [-0.1, -0.05) is 61.0 Å². The van der Waals surface area contributed by atoms with Crippen molar-refractivity contribution < 1.29 is 13.9 Å². The molecule has 5 aromatic rings. The molecule has 5 nitrogen and oxygen atoms in total. The zero-order valence-electron chi connectivity index (χ0n) is 21.4. The molecule has 194 valence electrons. The molecule has 1 aromatic heterocycles. The van der Waals surface area contributed by atoms with Crippen molar-refractivity contribution in [2.75, 3.05) is 13.2 Å². The van der Waals surface area contributed by atoms with Gasteiger partial charge in [-0.25, -0.2) is 9.37 Å². The molecule has 0 atom stereocenters. The molecule has 38 heavy (non-hydrogen) atoms. The number of benzene rings is 4. The highest BCUT2D eigenvalue weighted by Gasteiger charge is 2.12. The highest BCUT2D eigenvalue weighted by Crippen LogP contribution is 2.22. The summed E-state index contributed by atoms with van der Waals surface area (Å²) in [5.74, 6) is 1.11. The van der Waals surface area contributed by atoms with Gasteiger partial charge >= 0.3 is 0 Å². The standard InChI is InChI=1S/C32H32FN3O2/c33-28-14-6-5-13-27(28)32(37)34-20-9-1-2-17-31-35-29-15-7-8-16-30(29)36(31)21-10-22-38-26-19-18-24-11-3-4-12-25(24)23-26/h3-8,11-16,18-19,23H,1-2,9-10,17,20-22H2,(H,34,37). The van der Waals surface area contributed by atoms with Gasteiger partial charge in [0, 0.05) is 19.5 Å². The second-order valence-electron chi connectivity index (χ2n) is 9.43. The van der Waals surface area contributed by atoms with Gasteiger partial charge in [-0.05, 0) is 66.4 Å². The summed E-state index contributed by atoms with van der Waals surface area (Å²) < 4.78 is 22.1. The number of hydrogen-bond acceptors (Lipinski definition) is 3. The number of carbonyl (C=O) groups excluding carboxylic acids is 1. The van der Waals surface area contributed by atoms with E-state index >= 15 is 0 Å². The fourth-order valence-corrected chi connectivity index (χ4v) is 4.76. The first-order valence-electron chi connectivity index (χ1n) is 13.3. The third-order valence-electron chi connectivity index (χ3n) is 6.73. The number of nitrogens with zero attached hydrogens (tertiary/aromatic N) is 2. The van der Waals surface area contributed by atoms with Gasteiger partial charge < -0.3 is 14.6 Å². The van der Waals surface area contributed by atoms with Crippen molar-refractivity contribution in [2.24, 2.45) is 0 Å². The van der Waals surface area contributed by atoms with Crippen LogP contribution in [-0.2, 0) is 13.0 Å². The van der Waals surface area contributed by atoms with Crippen LogP contribution in [-0.4, -0.2) is 28.6 Å². The van der Waals surface area contributed by atoms with Crippen LogP contribution in [0.3, 0.4) is 0 Å². The van der Waals surface area contributed by atoms with Gasteiger partial charge in [-0.2, -0.15) is 0 Å². The lowest BCUT2D eigenvalue weighted by Gasteiger charge is -2.11. The molecule has 4 aromatic carbocycles. The lowest BCUT2D eigenvalue weighted by Crippen LogP contribution is -2.25. The Balaban J connectivity index is 1.11. The van der Waals surface area contributed by atoms with Crippen molar-refractivity contribution in [2.45, 2.75) is 38.6 Å². The number of fused-ring (bicyclic) bond motifs is 2. The number of aryl methyl sites for hydroxylation is 2. The predicted octanol–water partition coefficient (Wildman–Crippen LogP) is 6.94. The van der Waals surface area contributed by atoms with E-state index in [2.05, 4.69) is 46.3 Å². The van der Waals surface area contributed by atoms with Crippen LogP contribution in [0, 0.1) is 5.82 Å². The molecular weight excluding hydrogens is 477 g/mol. The maximum atomic E-state index is 13.8. The third-order valence-corrected chi connectivity index (χ3v) is 6.73. The molecule has 1 N–H and O–H groups in total. The largest absolute Gasteiger partial charge is 0.494 e. The molecule has 0 unspecified atom stereocenters. The number of imidazole rings is 1. The smallest absolute Gasteiger partial charge is 0.254 e. The van der Waals surface area contributed by atoms with Crippen molar-refractivity contribution in [1.29, 1.82) is 0 Å². The first-order valence-corrected chi connectivity index (χ1v) is 13.3. The van der Waals surface area contributed by atoms with Crippen LogP contribution in [0.1, 0.15) is 41.9 Å². The second kappa shape index (κ2) is 12.4. The lowest BCUT2D eigenvalue weighted by molar-refractivity contribution is 0.0949. The van der Waals surface area contributed by atoms with Crippen LogP contribution in [0.25, 0.3) is 21.8 Å². The van der Waals surface area contributed by atoms with Crippen LogP contribution < -0.4 is 10.1 Å². The Kier molecular flexibility index (Phi) is 8.29. The molecule has 0 radical (unpaired) electrons. The fourth-order valence-electron chi connectivity index (χ4n) is 4.76. The number of carbonyl (C=O) groups is 1. The molecule has 0 aliphatic heterocycles. The number of ether oxygens (including phenoxy) is 1. The number of unbranched alkanes of at least 4 members (excludes halogenated alkanes) is 2. The van der Waals surface area contributed by atoms with Gasteiger partial charge in [-0.3, -0.25) is 4.79 Å². The quantitative estimate of drug-likeness (QED) is 0.185. The molecule has 0 spiro atoms. The van der Waals surface area contributed by atoms with E-state index in [9.17, 15) is 9.18 Å². The SMILES string of the molecule is O=C(NCCCCCc1nc2ccccc2n1CCCOc1ccc2ccccc2c1)c1ccccc1F. The normalized spacial score (nSPS) is 11.2. The van der Waals surface area contributed by atoms with Crippen LogP contribution in [0.2, 0.25) is 0 Å². The van der Waals surface area contributed by atoms with Gasteiger partial charge in [0.1, 0.15) is 17.4 Å². The van der Waals surface area contributed by atoms with Crippen molar-refractivity contribution >= 4 is 27.7 Å². The monoisotopic (exact) mass is 509 g/mol. The number of halogens is 1. The van der Waals surface area contributed by atoms with E-state index in [1.54, 1.807) is 12.1 Å². The van der Waals surface area contributed by atoms with E-state index in [4.69, 9.17) is 9.72 Å². The summed E-state index contributed by atoms with van der Waals surface area (Å²) >= 11 is 0. The van der Waals surface area contributed by atoms with Gasteiger partial charge in [0.2, 0.25) is 0 Å². The van der Waals surface area contributed by atoms with Crippen LogP contribution in [0.5, 0.6) is 5.75 Å². The highest BCUT2D eigenvalue weighted by molar-refractivity contribution is 5.94. The summed E-state index contributed by atoms with van der Waals surface area (Å²) in [6, 6.07) is 28.8. The van der Waals surface area contributed by atoms with Crippen molar-refractivity contribution in [3.63, 3.8) is 0 Å². The Hall–Kier alpha value is -4.19. The summed E-state index contributed by atoms with van der Waals surface area (Å²) in [7, 11) is 0.